The average Bonchev–Trinajstić information content (AvgIpc) is 2.95. The van der Waals surface area contributed by atoms with Gasteiger partial charge < -0.3 is 9.47 Å². The lowest BCUT2D eigenvalue weighted by molar-refractivity contribution is -0.136. The molecule has 0 spiro atoms. The summed E-state index contributed by atoms with van der Waals surface area (Å²) in [5.41, 5.74) is 0.0795. The first-order valence-corrected chi connectivity index (χ1v) is 8.50. The highest BCUT2D eigenvalue weighted by Gasteiger charge is 2.49. The van der Waals surface area contributed by atoms with Gasteiger partial charge in [0.2, 0.25) is 0 Å². The average molecular weight is 385 g/mol. The van der Waals surface area contributed by atoms with Gasteiger partial charge in [-0.1, -0.05) is 15.9 Å². The van der Waals surface area contributed by atoms with Crippen LogP contribution in [0, 0.1) is 17.7 Å². The highest BCUT2D eigenvalue weighted by atomic mass is 79.9. The zero-order valence-electron chi connectivity index (χ0n) is 12.8. The molecule has 4 nitrogen and oxygen atoms in total. The highest BCUT2D eigenvalue weighted by molar-refractivity contribution is 9.10. The molecule has 0 saturated heterocycles. The van der Waals surface area contributed by atoms with Gasteiger partial charge in [0.05, 0.1) is 6.61 Å². The molecule has 6 heteroatoms. The molecule has 2 fully saturated rings. The molecule has 0 radical (unpaired) electrons. The lowest BCUT2D eigenvalue weighted by atomic mass is 9.75. The molecule has 1 aromatic carbocycles. The van der Waals surface area contributed by atoms with Crippen LogP contribution in [0.2, 0.25) is 0 Å². The number of carbonyl (C=O) groups is 2. The van der Waals surface area contributed by atoms with Gasteiger partial charge in [-0.3, -0.25) is 9.59 Å². The van der Waals surface area contributed by atoms with Gasteiger partial charge >= 0.3 is 0 Å². The number of fused-ring (bicyclic) bond motifs is 2. The van der Waals surface area contributed by atoms with Crippen LogP contribution in [-0.4, -0.2) is 31.9 Å². The quantitative estimate of drug-likeness (QED) is 0.577. The van der Waals surface area contributed by atoms with Crippen LogP contribution in [0.4, 0.5) is 4.39 Å². The van der Waals surface area contributed by atoms with Crippen molar-refractivity contribution in [3.05, 3.63) is 28.0 Å². The number of benzene rings is 1. The van der Waals surface area contributed by atoms with E-state index < -0.39 is 11.7 Å². The summed E-state index contributed by atoms with van der Waals surface area (Å²) in [5.74, 6) is -1.97. The van der Waals surface area contributed by atoms with Gasteiger partial charge in [-0.15, -0.1) is 0 Å². The van der Waals surface area contributed by atoms with Gasteiger partial charge in [0.15, 0.2) is 11.6 Å². The van der Waals surface area contributed by atoms with E-state index in [0.717, 1.165) is 12.8 Å². The fraction of sp³-hybridized carbons (Fsp3) is 0.529. The summed E-state index contributed by atoms with van der Waals surface area (Å²) in [7, 11) is 1.54. The van der Waals surface area contributed by atoms with Gasteiger partial charge in [-0.05, 0) is 31.4 Å². The van der Waals surface area contributed by atoms with Crippen LogP contribution >= 0.6 is 15.9 Å². The number of carbonyl (C=O) groups excluding carboxylic acids is 2. The van der Waals surface area contributed by atoms with E-state index in [1.807, 2.05) is 0 Å². The highest BCUT2D eigenvalue weighted by Crippen LogP contribution is 2.46. The number of hydrogen-bond acceptors (Lipinski definition) is 4. The minimum Gasteiger partial charge on any atom is -0.491 e. The SMILES string of the molecule is COCCOc1cc(Br)cc(F)c1C1C(=O)C2CCC(C2)C1=O. The molecule has 0 amide bonds. The summed E-state index contributed by atoms with van der Waals surface area (Å²) in [4.78, 5) is 25.3. The monoisotopic (exact) mass is 384 g/mol. The number of ketones is 2. The zero-order valence-corrected chi connectivity index (χ0v) is 14.4. The number of halogens is 2. The summed E-state index contributed by atoms with van der Waals surface area (Å²) in [6, 6.07) is 2.88. The summed E-state index contributed by atoms with van der Waals surface area (Å²) >= 11 is 3.23. The molecule has 2 unspecified atom stereocenters. The van der Waals surface area contributed by atoms with E-state index in [-0.39, 0.29) is 41.3 Å². The topological polar surface area (TPSA) is 52.6 Å². The van der Waals surface area contributed by atoms with Crippen molar-refractivity contribution >= 4 is 27.5 Å². The van der Waals surface area contributed by atoms with Crippen molar-refractivity contribution in [1.82, 2.24) is 0 Å². The Balaban J connectivity index is 2.00. The Hall–Kier alpha value is -1.27. The molecule has 124 valence electrons. The number of rotatable bonds is 5. The largest absolute Gasteiger partial charge is 0.491 e. The molecular formula is C17H18BrFO4. The van der Waals surface area contributed by atoms with Gasteiger partial charge in [-0.2, -0.15) is 0 Å². The van der Waals surface area contributed by atoms with E-state index in [2.05, 4.69) is 15.9 Å². The minimum absolute atomic E-state index is 0.0795. The Morgan fingerprint density at radius 3 is 2.43 bits per heavy atom. The third kappa shape index (κ3) is 3.06. The van der Waals surface area contributed by atoms with Crippen LogP contribution in [-0.2, 0) is 14.3 Å². The summed E-state index contributed by atoms with van der Waals surface area (Å²) in [5, 5.41) is 0. The van der Waals surface area contributed by atoms with Crippen LogP contribution in [0.3, 0.4) is 0 Å². The van der Waals surface area contributed by atoms with E-state index >= 15 is 0 Å². The second-order valence-electron chi connectivity index (χ2n) is 6.09. The second-order valence-corrected chi connectivity index (χ2v) is 7.00. The third-order valence-electron chi connectivity index (χ3n) is 4.70. The lowest BCUT2D eigenvalue weighted by Crippen LogP contribution is -2.35. The van der Waals surface area contributed by atoms with Crippen LogP contribution in [0.5, 0.6) is 5.75 Å². The second kappa shape index (κ2) is 6.69. The summed E-state index contributed by atoms with van der Waals surface area (Å²) in [6.07, 6.45) is 2.07. The summed E-state index contributed by atoms with van der Waals surface area (Å²) < 4.78 is 25.6. The van der Waals surface area contributed by atoms with Crippen molar-refractivity contribution in [1.29, 1.82) is 0 Å². The molecule has 1 aromatic rings. The van der Waals surface area contributed by atoms with Crippen molar-refractivity contribution in [2.24, 2.45) is 11.8 Å². The van der Waals surface area contributed by atoms with Crippen molar-refractivity contribution < 1.29 is 23.5 Å². The predicted molar refractivity (Wildman–Crippen MR) is 85.1 cm³/mol. The van der Waals surface area contributed by atoms with Crippen molar-refractivity contribution in [2.45, 2.75) is 25.2 Å². The van der Waals surface area contributed by atoms with Gasteiger partial charge in [0, 0.05) is 29.0 Å². The van der Waals surface area contributed by atoms with Crippen molar-refractivity contribution in [3.63, 3.8) is 0 Å². The fourth-order valence-corrected chi connectivity index (χ4v) is 4.00. The molecule has 23 heavy (non-hydrogen) atoms. The van der Waals surface area contributed by atoms with E-state index in [1.54, 1.807) is 6.07 Å². The van der Waals surface area contributed by atoms with Crippen LogP contribution in [0.1, 0.15) is 30.7 Å². The molecule has 0 N–H and O–H groups in total. The third-order valence-corrected chi connectivity index (χ3v) is 5.15. The molecule has 2 saturated carbocycles. The molecule has 2 bridgehead atoms. The maximum Gasteiger partial charge on any atom is 0.151 e. The maximum atomic E-state index is 14.6. The molecule has 2 atom stereocenters. The minimum atomic E-state index is -1.04. The van der Waals surface area contributed by atoms with E-state index in [1.165, 1.54) is 13.2 Å². The fourth-order valence-electron chi connectivity index (χ4n) is 3.59. The molecule has 2 aliphatic rings. The Bertz CT molecular complexity index is 624. The van der Waals surface area contributed by atoms with Crippen LogP contribution < -0.4 is 4.74 Å². The van der Waals surface area contributed by atoms with Crippen LogP contribution in [0.25, 0.3) is 0 Å². The maximum absolute atomic E-state index is 14.6. The number of hydrogen-bond donors (Lipinski definition) is 0. The Labute approximate surface area is 142 Å². The first kappa shape index (κ1) is 16.6. The smallest absolute Gasteiger partial charge is 0.151 e. The number of ether oxygens (including phenoxy) is 2. The zero-order chi connectivity index (χ0) is 16.6. The van der Waals surface area contributed by atoms with Gasteiger partial charge in [0.1, 0.15) is 24.1 Å². The lowest BCUT2D eigenvalue weighted by Gasteiger charge is -2.27. The first-order chi connectivity index (χ1) is 11.0. The number of methoxy groups -OCH3 is 1. The normalized spacial score (nSPS) is 26.7. The van der Waals surface area contributed by atoms with Gasteiger partial charge in [0.25, 0.3) is 0 Å². The molecule has 0 aliphatic heterocycles. The van der Waals surface area contributed by atoms with E-state index in [0.29, 0.717) is 17.5 Å². The predicted octanol–water partition coefficient (Wildman–Crippen LogP) is 3.27. The summed E-state index contributed by atoms with van der Waals surface area (Å²) in [6.45, 7) is 0.562. The molecule has 2 aliphatic carbocycles. The Morgan fingerprint density at radius 1 is 1.17 bits per heavy atom. The van der Waals surface area contributed by atoms with Crippen LogP contribution in [0.15, 0.2) is 16.6 Å². The Kier molecular flexibility index (Phi) is 4.82. The van der Waals surface area contributed by atoms with Gasteiger partial charge in [-0.25, -0.2) is 4.39 Å². The molecule has 0 aromatic heterocycles. The van der Waals surface area contributed by atoms with Crippen molar-refractivity contribution in [2.75, 3.05) is 20.3 Å². The standard InChI is InChI=1S/C17H18BrFO4/c1-22-4-5-23-13-8-11(18)7-12(19)14(13)15-16(20)9-2-3-10(6-9)17(15)21/h7-10,15H,2-6H2,1H3. The molecule has 0 heterocycles. The van der Waals surface area contributed by atoms with Crippen molar-refractivity contribution in [3.8, 4) is 5.75 Å². The Morgan fingerprint density at radius 2 is 1.83 bits per heavy atom. The first-order valence-electron chi connectivity index (χ1n) is 7.71. The number of Topliss-reactive ketones (excluding diaryl/α,β-unsaturated/α-hetero) is 2. The van der Waals surface area contributed by atoms with E-state index in [4.69, 9.17) is 9.47 Å². The molecular weight excluding hydrogens is 367 g/mol. The van der Waals surface area contributed by atoms with E-state index in [9.17, 15) is 14.0 Å². The molecule has 3 rings (SSSR count).